The van der Waals surface area contributed by atoms with Crippen LogP contribution >= 0.6 is 0 Å². The Bertz CT molecular complexity index is 270. The molecule has 1 fully saturated rings. The van der Waals surface area contributed by atoms with Gasteiger partial charge in [-0.1, -0.05) is 0 Å². The fraction of sp³-hybridized carbons (Fsp3) is 0.909. The van der Waals surface area contributed by atoms with E-state index in [4.69, 9.17) is 4.74 Å². The summed E-state index contributed by atoms with van der Waals surface area (Å²) in [6.07, 6.45) is -3.86. The van der Waals surface area contributed by atoms with E-state index in [0.717, 1.165) is 0 Å². The molecule has 1 saturated carbocycles. The van der Waals surface area contributed by atoms with Crippen LogP contribution in [0.4, 0.5) is 13.2 Å². The minimum absolute atomic E-state index is 0.0246. The predicted molar refractivity (Wildman–Crippen MR) is 56.4 cm³/mol. The molecule has 0 saturated heterocycles. The van der Waals surface area contributed by atoms with Crippen LogP contribution in [0.1, 0.15) is 32.6 Å². The molecule has 0 aliphatic heterocycles. The number of carbonyl (C=O) groups is 1. The second-order valence-corrected chi connectivity index (χ2v) is 4.37. The van der Waals surface area contributed by atoms with Gasteiger partial charge >= 0.3 is 12.1 Å². The summed E-state index contributed by atoms with van der Waals surface area (Å²) < 4.78 is 42.4. The first-order valence-corrected chi connectivity index (χ1v) is 5.78. The maximum absolute atomic E-state index is 12.5. The molecule has 0 bridgehead atoms. The Morgan fingerprint density at radius 1 is 1.41 bits per heavy atom. The van der Waals surface area contributed by atoms with E-state index in [0.29, 0.717) is 0 Å². The first-order valence-electron chi connectivity index (χ1n) is 5.78. The van der Waals surface area contributed by atoms with Crippen molar-refractivity contribution in [1.82, 2.24) is 5.32 Å². The van der Waals surface area contributed by atoms with Crippen LogP contribution in [0.25, 0.3) is 0 Å². The van der Waals surface area contributed by atoms with E-state index in [2.05, 4.69) is 5.32 Å². The molecule has 100 valence electrons. The van der Waals surface area contributed by atoms with Crippen molar-refractivity contribution >= 4 is 5.97 Å². The Kier molecular flexibility index (Phi) is 4.41. The standard InChI is InChI=1S/C11H18F3NO2/c1-3-17-9(16)10(15-2)6-4-8(5-7-10)11(12,13)14/h8,15H,3-7H2,1-2H3. The maximum atomic E-state index is 12.5. The van der Waals surface area contributed by atoms with Gasteiger partial charge in [-0.05, 0) is 39.7 Å². The Balaban J connectivity index is 2.66. The molecule has 0 radical (unpaired) electrons. The Morgan fingerprint density at radius 3 is 2.29 bits per heavy atom. The number of esters is 1. The lowest BCUT2D eigenvalue weighted by Crippen LogP contribution is -2.54. The average molecular weight is 253 g/mol. The van der Waals surface area contributed by atoms with Gasteiger partial charge in [0, 0.05) is 0 Å². The zero-order chi connectivity index (χ0) is 13.1. The van der Waals surface area contributed by atoms with Crippen molar-refractivity contribution in [2.75, 3.05) is 13.7 Å². The molecule has 0 spiro atoms. The summed E-state index contributed by atoms with van der Waals surface area (Å²) in [6.45, 7) is 1.92. The summed E-state index contributed by atoms with van der Waals surface area (Å²) in [4.78, 5) is 11.7. The highest BCUT2D eigenvalue weighted by molar-refractivity contribution is 5.81. The number of hydrogen-bond acceptors (Lipinski definition) is 3. The van der Waals surface area contributed by atoms with Crippen molar-refractivity contribution in [2.45, 2.75) is 44.3 Å². The van der Waals surface area contributed by atoms with E-state index < -0.39 is 23.6 Å². The van der Waals surface area contributed by atoms with Crippen LogP contribution in [-0.4, -0.2) is 31.3 Å². The average Bonchev–Trinajstić information content (AvgIpc) is 2.28. The fourth-order valence-corrected chi connectivity index (χ4v) is 2.26. The van der Waals surface area contributed by atoms with Gasteiger partial charge in [-0.3, -0.25) is 4.79 Å². The monoisotopic (exact) mass is 253 g/mol. The lowest BCUT2D eigenvalue weighted by atomic mass is 9.76. The molecule has 0 atom stereocenters. The molecule has 0 amide bonds. The van der Waals surface area contributed by atoms with Gasteiger partial charge in [0.05, 0.1) is 12.5 Å². The van der Waals surface area contributed by atoms with Crippen molar-refractivity contribution in [3.8, 4) is 0 Å². The van der Waals surface area contributed by atoms with E-state index in [-0.39, 0.29) is 32.3 Å². The number of ether oxygens (including phenoxy) is 1. The van der Waals surface area contributed by atoms with Gasteiger partial charge in [-0.25, -0.2) is 0 Å². The van der Waals surface area contributed by atoms with Crippen LogP contribution in [0.15, 0.2) is 0 Å². The minimum atomic E-state index is -4.16. The molecule has 0 unspecified atom stereocenters. The predicted octanol–water partition coefficient (Wildman–Crippen LogP) is 2.26. The van der Waals surface area contributed by atoms with Crippen LogP contribution in [0.3, 0.4) is 0 Å². The van der Waals surface area contributed by atoms with Crippen LogP contribution in [0.2, 0.25) is 0 Å². The third-order valence-corrected chi connectivity index (χ3v) is 3.45. The number of nitrogens with one attached hydrogen (secondary N) is 1. The summed E-state index contributed by atoms with van der Waals surface area (Å²) in [6, 6.07) is 0. The zero-order valence-corrected chi connectivity index (χ0v) is 10.1. The fourth-order valence-electron chi connectivity index (χ4n) is 2.26. The molecule has 6 heteroatoms. The van der Waals surface area contributed by atoms with Crippen LogP contribution in [-0.2, 0) is 9.53 Å². The second kappa shape index (κ2) is 5.25. The number of halogens is 3. The van der Waals surface area contributed by atoms with Crippen molar-refractivity contribution in [2.24, 2.45) is 5.92 Å². The summed E-state index contributed by atoms with van der Waals surface area (Å²) in [7, 11) is 1.59. The van der Waals surface area contributed by atoms with Gasteiger partial charge < -0.3 is 10.1 Å². The summed E-state index contributed by atoms with van der Waals surface area (Å²) in [5.74, 6) is -1.73. The number of carbonyl (C=O) groups excluding carboxylic acids is 1. The highest BCUT2D eigenvalue weighted by Crippen LogP contribution is 2.41. The van der Waals surface area contributed by atoms with Gasteiger partial charge in [0.25, 0.3) is 0 Å². The molecule has 3 nitrogen and oxygen atoms in total. The van der Waals surface area contributed by atoms with Gasteiger partial charge in [0.15, 0.2) is 0 Å². The van der Waals surface area contributed by atoms with Crippen molar-refractivity contribution < 1.29 is 22.7 Å². The van der Waals surface area contributed by atoms with Gasteiger partial charge in [0.2, 0.25) is 0 Å². The number of alkyl halides is 3. The molecule has 17 heavy (non-hydrogen) atoms. The first-order chi connectivity index (χ1) is 7.85. The smallest absolute Gasteiger partial charge is 0.391 e. The maximum Gasteiger partial charge on any atom is 0.391 e. The Labute approximate surface area is 98.7 Å². The van der Waals surface area contributed by atoms with Gasteiger partial charge in [-0.2, -0.15) is 13.2 Å². The summed E-state index contributed by atoms with van der Waals surface area (Å²) >= 11 is 0. The highest BCUT2D eigenvalue weighted by Gasteiger charge is 2.48. The van der Waals surface area contributed by atoms with E-state index in [9.17, 15) is 18.0 Å². The molecular formula is C11H18F3NO2. The molecule has 1 aliphatic carbocycles. The van der Waals surface area contributed by atoms with Gasteiger partial charge in [0.1, 0.15) is 5.54 Å². The number of hydrogen-bond donors (Lipinski definition) is 1. The third-order valence-electron chi connectivity index (χ3n) is 3.45. The molecule has 0 heterocycles. The molecule has 1 aliphatic rings. The topological polar surface area (TPSA) is 38.3 Å². The number of rotatable bonds is 3. The quantitative estimate of drug-likeness (QED) is 0.784. The minimum Gasteiger partial charge on any atom is -0.465 e. The van der Waals surface area contributed by atoms with Crippen molar-refractivity contribution in [1.29, 1.82) is 0 Å². The number of likely N-dealkylation sites (N-methyl/N-ethyl adjacent to an activating group) is 1. The normalized spacial score (nSPS) is 30.1. The Morgan fingerprint density at radius 2 is 1.94 bits per heavy atom. The molecule has 0 aromatic rings. The molecule has 1 rings (SSSR count). The summed E-state index contributed by atoms with van der Waals surface area (Å²) in [5.41, 5.74) is -0.933. The van der Waals surface area contributed by atoms with E-state index in [1.807, 2.05) is 0 Å². The third kappa shape index (κ3) is 3.12. The molecule has 0 aromatic carbocycles. The van der Waals surface area contributed by atoms with Crippen LogP contribution in [0, 0.1) is 5.92 Å². The van der Waals surface area contributed by atoms with Crippen LogP contribution < -0.4 is 5.32 Å². The second-order valence-electron chi connectivity index (χ2n) is 4.37. The molecule has 0 aromatic heterocycles. The molecule has 1 N–H and O–H groups in total. The van der Waals surface area contributed by atoms with Crippen LogP contribution in [0.5, 0.6) is 0 Å². The molecular weight excluding hydrogens is 235 g/mol. The lowest BCUT2D eigenvalue weighted by Gasteiger charge is -2.38. The van der Waals surface area contributed by atoms with Crippen molar-refractivity contribution in [3.63, 3.8) is 0 Å². The van der Waals surface area contributed by atoms with Gasteiger partial charge in [-0.15, -0.1) is 0 Å². The zero-order valence-electron chi connectivity index (χ0n) is 10.1. The summed E-state index contributed by atoms with van der Waals surface area (Å²) in [5, 5.41) is 2.83. The largest absolute Gasteiger partial charge is 0.465 e. The Hall–Kier alpha value is -0.780. The van der Waals surface area contributed by atoms with E-state index >= 15 is 0 Å². The lowest BCUT2D eigenvalue weighted by molar-refractivity contribution is -0.188. The first kappa shape index (κ1) is 14.3. The van der Waals surface area contributed by atoms with E-state index in [1.165, 1.54) is 0 Å². The SMILES string of the molecule is CCOC(=O)C1(NC)CCC(C(F)(F)F)CC1. The highest BCUT2D eigenvalue weighted by atomic mass is 19.4. The van der Waals surface area contributed by atoms with E-state index in [1.54, 1.807) is 14.0 Å². The van der Waals surface area contributed by atoms with Crippen molar-refractivity contribution in [3.05, 3.63) is 0 Å².